The molecule has 1 aliphatic heterocycles. The first-order valence-corrected chi connectivity index (χ1v) is 10.5. The van der Waals surface area contributed by atoms with Crippen LogP contribution in [0.5, 0.6) is 0 Å². The maximum Gasteiger partial charge on any atom is 0.261 e. The van der Waals surface area contributed by atoms with Crippen molar-refractivity contribution in [3.63, 3.8) is 0 Å². The molecule has 0 unspecified atom stereocenters. The third-order valence-corrected chi connectivity index (χ3v) is 6.25. The van der Waals surface area contributed by atoms with E-state index in [0.29, 0.717) is 30.1 Å². The van der Waals surface area contributed by atoms with Crippen molar-refractivity contribution in [2.75, 3.05) is 11.3 Å². The average Bonchev–Trinajstić information content (AvgIpc) is 3.16. The first-order valence-electron chi connectivity index (χ1n) is 8.62. The molecular formula is C19H17ClN4O3S. The van der Waals surface area contributed by atoms with Crippen LogP contribution in [0.4, 0.5) is 5.69 Å². The van der Waals surface area contributed by atoms with Crippen molar-refractivity contribution in [3.8, 4) is 0 Å². The summed E-state index contributed by atoms with van der Waals surface area (Å²) in [7, 11) is -3.85. The molecular weight excluding hydrogens is 400 g/mol. The SMILES string of the molecule is O=C(c1ccccc1NS(=O)(=O)c1ccc(Cl)cc1)N1CCc2[nH]ncc2C1. The van der Waals surface area contributed by atoms with Gasteiger partial charge in [0.2, 0.25) is 0 Å². The Kier molecular flexibility index (Phi) is 4.82. The minimum atomic E-state index is -3.85. The summed E-state index contributed by atoms with van der Waals surface area (Å²) < 4.78 is 27.9. The average molecular weight is 417 g/mol. The predicted molar refractivity (Wildman–Crippen MR) is 106 cm³/mol. The van der Waals surface area contributed by atoms with Gasteiger partial charge in [-0.1, -0.05) is 23.7 Å². The van der Waals surface area contributed by atoms with E-state index in [0.717, 1.165) is 11.3 Å². The highest BCUT2D eigenvalue weighted by atomic mass is 35.5. The summed E-state index contributed by atoms with van der Waals surface area (Å²) in [5, 5.41) is 7.39. The molecule has 1 aliphatic rings. The smallest absolute Gasteiger partial charge is 0.261 e. The van der Waals surface area contributed by atoms with Gasteiger partial charge in [0.15, 0.2) is 0 Å². The second kappa shape index (κ2) is 7.29. The number of amides is 1. The Hall–Kier alpha value is -2.84. The number of halogens is 1. The third kappa shape index (κ3) is 3.61. The number of benzene rings is 2. The highest BCUT2D eigenvalue weighted by Gasteiger charge is 2.26. The van der Waals surface area contributed by atoms with Gasteiger partial charge in [-0.3, -0.25) is 14.6 Å². The van der Waals surface area contributed by atoms with Crippen LogP contribution in [0, 0.1) is 0 Å². The number of aromatic nitrogens is 2. The van der Waals surface area contributed by atoms with Crippen LogP contribution in [-0.4, -0.2) is 36.0 Å². The van der Waals surface area contributed by atoms with E-state index in [-0.39, 0.29) is 16.5 Å². The van der Waals surface area contributed by atoms with Crippen molar-refractivity contribution in [3.05, 3.63) is 76.6 Å². The molecule has 0 fully saturated rings. The molecule has 0 bridgehead atoms. The van der Waals surface area contributed by atoms with Gasteiger partial charge in [-0.2, -0.15) is 5.10 Å². The molecule has 28 heavy (non-hydrogen) atoms. The maximum atomic E-state index is 13.1. The Morgan fingerprint density at radius 2 is 1.89 bits per heavy atom. The van der Waals surface area contributed by atoms with Crippen LogP contribution in [0.1, 0.15) is 21.6 Å². The number of carbonyl (C=O) groups is 1. The fraction of sp³-hybridized carbons (Fsp3) is 0.158. The van der Waals surface area contributed by atoms with Crippen LogP contribution in [0.15, 0.2) is 59.6 Å². The molecule has 0 atom stereocenters. The lowest BCUT2D eigenvalue weighted by Crippen LogP contribution is -2.36. The van der Waals surface area contributed by atoms with E-state index in [2.05, 4.69) is 14.9 Å². The van der Waals surface area contributed by atoms with Gasteiger partial charge in [0.05, 0.1) is 22.3 Å². The van der Waals surface area contributed by atoms with Crippen molar-refractivity contribution < 1.29 is 13.2 Å². The number of hydrogen-bond donors (Lipinski definition) is 2. The molecule has 0 aliphatic carbocycles. The van der Waals surface area contributed by atoms with Gasteiger partial charge in [0, 0.05) is 35.8 Å². The Balaban J connectivity index is 1.60. The van der Waals surface area contributed by atoms with Crippen molar-refractivity contribution in [1.29, 1.82) is 0 Å². The van der Waals surface area contributed by atoms with Crippen LogP contribution < -0.4 is 4.72 Å². The topological polar surface area (TPSA) is 95.2 Å². The van der Waals surface area contributed by atoms with E-state index in [1.165, 1.54) is 24.3 Å². The molecule has 2 aromatic carbocycles. The number of fused-ring (bicyclic) bond motifs is 1. The number of para-hydroxylation sites is 1. The van der Waals surface area contributed by atoms with E-state index in [1.54, 1.807) is 35.4 Å². The quantitative estimate of drug-likeness (QED) is 0.683. The summed E-state index contributed by atoms with van der Waals surface area (Å²) in [4.78, 5) is 14.8. The standard InChI is InChI=1S/C19H17ClN4O3S/c20-14-5-7-15(8-6-14)28(26,27)23-18-4-2-1-3-16(18)19(25)24-10-9-17-13(12-24)11-21-22-17/h1-8,11,23H,9-10,12H2,(H,21,22). The summed E-state index contributed by atoms with van der Waals surface area (Å²) in [5.74, 6) is -0.235. The molecule has 2 heterocycles. The van der Waals surface area contributed by atoms with Crippen LogP contribution in [0.3, 0.4) is 0 Å². The monoisotopic (exact) mass is 416 g/mol. The zero-order chi connectivity index (χ0) is 19.7. The fourth-order valence-electron chi connectivity index (χ4n) is 3.14. The van der Waals surface area contributed by atoms with Gasteiger partial charge in [0.1, 0.15) is 0 Å². The summed E-state index contributed by atoms with van der Waals surface area (Å²) >= 11 is 5.83. The number of aromatic amines is 1. The Labute approximate surface area is 167 Å². The van der Waals surface area contributed by atoms with Crippen molar-refractivity contribution in [2.45, 2.75) is 17.9 Å². The van der Waals surface area contributed by atoms with Crippen molar-refractivity contribution in [2.24, 2.45) is 0 Å². The van der Waals surface area contributed by atoms with Crippen molar-refractivity contribution >= 4 is 33.2 Å². The summed E-state index contributed by atoms with van der Waals surface area (Å²) in [5.41, 5.74) is 2.53. The zero-order valence-electron chi connectivity index (χ0n) is 14.7. The van der Waals surface area contributed by atoms with Gasteiger partial charge < -0.3 is 4.90 Å². The highest BCUT2D eigenvalue weighted by Crippen LogP contribution is 2.25. The fourth-order valence-corrected chi connectivity index (χ4v) is 4.35. The number of nitrogens with zero attached hydrogens (tertiary/aromatic N) is 2. The van der Waals surface area contributed by atoms with E-state index in [9.17, 15) is 13.2 Å². The first-order chi connectivity index (χ1) is 13.4. The normalized spacial score (nSPS) is 13.8. The molecule has 1 amide bonds. The van der Waals surface area contributed by atoms with Crippen molar-refractivity contribution in [1.82, 2.24) is 15.1 Å². The Bertz CT molecular complexity index is 1130. The molecule has 0 spiro atoms. The molecule has 0 radical (unpaired) electrons. The number of carbonyl (C=O) groups excluding carboxylic acids is 1. The minimum Gasteiger partial charge on any atom is -0.334 e. The molecule has 4 rings (SSSR count). The summed E-state index contributed by atoms with van der Waals surface area (Å²) in [6.45, 7) is 0.967. The second-order valence-corrected chi connectivity index (χ2v) is 8.57. The lowest BCUT2D eigenvalue weighted by molar-refractivity contribution is 0.0735. The van der Waals surface area contributed by atoms with Crippen LogP contribution in [0.25, 0.3) is 0 Å². The van der Waals surface area contributed by atoms with Crippen LogP contribution in [0.2, 0.25) is 5.02 Å². The van der Waals surface area contributed by atoms with E-state index >= 15 is 0 Å². The molecule has 0 saturated carbocycles. The lowest BCUT2D eigenvalue weighted by Gasteiger charge is -2.27. The third-order valence-electron chi connectivity index (χ3n) is 4.61. The molecule has 3 aromatic rings. The van der Waals surface area contributed by atoms with E-state index in [4.69, 9.17) is 11.6 Å². The number of sulfonamides is 1. The largest absolute Gasteiger partial charge is 0.334 e. The molecule has 1 aromatic heterocycles. The lowest BCUT2D eigenvalue weighted by atomic mass is 10.1. The molecule has 144 valence electrons. The molecule has 7 nitrogen and oxygen atoms in total. The van der Waals surface area contributed by atoms with Crippen LogP contribution >= 0.6 is 11.6 Å². The van der Waals surface area contributed by atoms with Gasteiger partial charge in [-0.25, -0.2) is 8.42 Å². The first kappa shape index (κ1) is 18.5. The number of H-pyrrole nitrogens is 1. The van der Waals surface area contributed by atoms with Gasteiger partial charge in [-0.05, 0) is 36.4 Å². The number of anilines is 1. The highest BCUT2D eigenvalue weighted by molar-refractivity contribution is 7.92. The summed E-state index contributed by atoms with van der Waals surface area (Å²) in [6, 6.07) is 12.4. The number of rotatable bonds is 4. The molecule has 0 saturated heterocycles. The van der Waals surface area contributed by atoms with E-state index < -0.39 is 10.0 Å². The predicted octanol–water partition coefficient (Wildman–Crippen LogP) is 3.06. The number of nitrogens with one attached hydrogen (secondary N) is 2. The maximum absolute atomic E-state index is 13.1. The van der Waals surface area contributed by atoms with Gasteiger partial charge in [-0.15, -0.1) is 0 Å². The number of hydrogen-bond acceptors (Lipinski definition) is 4. The summed E-state index contributed by atoms with van der Waals surface area (Å²) in [6.07, 6.45) is 2.39. The van der Waals surface area contributed by atoms with Gasteiger partial charge >= 0.3 is 0 Å². The van der Waals surface area contributed by atoms with Crippen LogP contribution in [-0.2, 0) is 23.0 Å². The van der Waals surface area contributed by atoms with Gasteiger partial charge in [0.25, 0.3) is 15.9 Å². The Morgan fingerprint density at radius 3 is 2.68 bits per heavy atom. The zero-order valence-corrected chi connectivity index (χ0v) is 16.3. The Morgan fingerprint density at radius 1 is 1.14 bits per heavy atom. The molecule has 2 N–H and O–H groups in total. The minimum absolute atomic E-state index is 0.0696. The van der Waals surface area contributed by atoms with E-state index in [1.807, 2.05) is 0 Å². The second-order valence-electron chi connectivity index (χ2n) is 6.46. The molecule has 9 heteroatoms.